The Balaban J connectivity index is 1.29. The molecule has 5 rings (SSSR count). The predicted molar refractivity (Wildman–Crippen MR) is 95.5 cm³/mol. The van der Waals surface area contributed by atoms with Crippen LogP contribution >= 0.6 is 11.6 Å². The molecule has 2 aliphatic carbocycles. The van der Waals surface area contributed by atoms with Crippen LogP contribution in [0.5, 0.6) is 0 Å². The Hall–Kier alpha value is -1.84. The first-order valence-corrected chi connectivity index (χ1v) is 8.96. The van der Waals surface area contributed by atoms with Gasteiger partial charge in [0.25, 0.3) is 0 Å². The van der Waals surface area contributed by atoms with Crippen LogP contribution in [0.15, 0.2) is 52.9 Å². The molecular weight excluding hydrogens is 320 g/mol. The molecule has 122 valence electrons. The molecule has 2 fully saturated rings. The number of hydrogen-bond acceptors (Lipinski definition) is 3. The molecule has 0 saturated heterocycles. The third-order valence-corrected chi connectivity index (χ3v) is 5.61. The number of nitrogens with one attached hydrogen (secondary N) is 1. The zero-order valence-electron chi connectivity index (χ0n) is 13.3. The minimum atomic E-state index is 0.0787. The zero-order chi connectivity index (χ0) is 16.1. The molecule has 0 aliphatic heterocycles. The number of fused-ring (bicyclic) bond motifs is 1. The summed E-state index contributed by atoms with van der Waals surface area (Å²) in [5, 5.41) is 4.44. The first kappa shape index (κ1) is 14.5. The Labute approximate surface area is 146 Å². The molecule has 1 aromatic heterocycles. The molecule has 0 radical (unpaired) electrons. The van der Waals surface area contributed by atoms with E-state index in [1.165, 1.54) is 12.0 Å². The van der Waals surface area contributed by atoms with Gasteiger partial charge in [-0.15, -0.1) is 0 Å². The van der Waals surface area contributed by atoms with Gasteiger partial charge in [-0.25, -0.2) is 4.98 Å². The fraction of sp³-hybridized carbons (Fsp3) is 0.350. The molecule has 24 heavy (non-hydrogen) atoms. The Morgan fingerprint density at radius 1 is 1.17 bits per heavy atom. The number of nitrogens with zero attached hydrogens (tertiary/aromatic N) is 1. The van der Waals surface area contributed by atoms with Crippen molar-refractivity contribution in [2.45, 2.75) is 36.6 Å². The van der Waals surface area contributed by atoms with E-state index >= 15 is 0 Å². The zero-order valence-corrected chi connectivity index (χ0v) is 14.1. The average molecular weight is 339 g/mol. The van der Waals surface area contributed by atoms with Crippen molar-refractivity contribution in [2.75, 3.05) is 6.54 Å². The van der Waals surface area contributed by atoms with E-state index in [1.54, 1.807) is 0 Å². The fourth-order valence-electron chi connectivity index (χ4n) is 3.56. The lowest BCUT2D eigenvalue weighted by Gasteiger charge is -2.12. The molecule has 3 aromatic rings. The van der Waals surface area contributed by atoms with E-state index in [0.29, 0.717) is 17.0 Å². The van der Waals surface area contributed by atoms with Gasteiger partial charge in [0.1, 0.15) is 5.52 Å². The Morgan fingerprint density at radius 2 is 2.00 bits per heavy atom. The highest BCUT2D eigenvalue weighted by Crippen LogP contribution is 2.49. The molecule has 4 heteroatoms. The summed E-state index contributed by atoms with van der Waals surface area (Å²) in [4.78, 5) is 4.69. The quantitative estimate of drug-likeness (QED) is 0.735. The van der Waals surface area contributed by atoms with Crippen LogP contribution in [-0.2, 0) is 5.41 Å². The van der Waals surface area contributed by atoms with Crippen LogP contribution in [-0.4, -0.2) is 17.6 Å². The highest BCUT2D eigenvalue weighted by Gasteiger charge is 2.50. The average Bonchev–Trinajstić information content (AvgIpc) is 3.51. The second kappa shape index (κ2) is 5.33. The first-order chi connectivity index (χ1) is 11.7. The molecule has 0 spiro atoms. The summed E-state index contributed by atoms with van der Waals surface area (Å²) >= 11 is 6.05. The van der Waals surface area contributed by atoms with Gasteiger partial charge in [-0.2, -0.15) is 0 Å². The summed E-state index contributed by atoms with van der Waals surface area (Å²) in [6.07, 6.45) is 3.51. The molecule has 0 bridgehead atoms. The smallest absolute Gasteiger partial charge is 0.202 e. The topological polar surface area (TPSA) is 38.1 Å². The van der Waals surface area contributed by atoms with Crippen molar-refractivity contribution < 1.29 is 4.42 Å². The summed E-state index contributed by atoms with van der Waals surface area (Å²) in [7, 11) is 0. The van der Waals surface area contributed by atoms with Gasteiger partial charge in [0.05, 0.1) is 5.41 Å². The molecular formula is C20H19ClN2O. The van der Waals surface area contributed by atoms with E-state index in [0.717, 1.165) is 36.4 Å². The monoisotopic (exact) mass is 338 g/mol. The van der Waals surface area contributed by atoms with Crippen LogP contribution in [0.2, 0.25) is 5.02 Å². The summed E-state index contributed by atoms with van der Waals surface area (Å²) < 4.78 is 6.00. The normalized spacial score (nSPS) is 24.2. The number of rotatable bonds is 5. The van der Waals surface area contributed by atoms with Crippen LogP contribution in [0.1, 0.15) is 36.6 Å². The van der Waals surface area contributed by atoms with Crippen molar-refractivity contribution in [3.05, 3.63) is 65.0 Å². The Morgan fingerprint density at radius 3 is 2.79 bits per heavy atom. The molecule has 3 nitrogen and oxygen atoms in total. The number of hydrogen-bond donors (Lipinski definition) is 1. The van der Waals surface area contributed by atoms with Gasteiger partial charge in [0.2, 0.25) is 5.89 Å². The molecule has 2 saturated carbocycles. The van der Waals surface area contributed by atoms with Crippen LogP contribution in [0.25, 0.3) is 11.1 Å². The van der Waals surface area contributed by atoms with Crippen molar-refractivity contribution in [1.82, 2.24) is 10.3 Å². The molecule has 2 atom stereocenters. The van der Waals surface area contributed by atoms with Crippen LogP contribution in [0, 0.1) is 0 Å². The van der Waals surface area contributed by atoms with E-state index in [2.05, 4.69) is 35.6 Å². The maximum Gasteiger partial charge on any atom is 0.202 e. The van der Waals surface area contributed by atoms with Crippen molar-refractivity contribution >= 4 is 22.7 Å². The number of benzene rings is 2. The van der Waals surface area contributed by atoms with Crippen molar-refractivity contribution in [3.8, 4) is 0 Å². The van der Waals surface area contributed by atoms with Gasteiger partial charge < -0.3 is 9.73 Å². The lowest BCUT2D eigenvalue weighted by atomic mass is 10.1. The Bertz CT molecular complexity index is 885. The molecule has 1 heterocycles. The predicted octanol–water partition coefficient (Wildman–Crippen LogP) is 4.66. The molecule has 0 amide bonds. The van der Waals surface area contributed by atoms with Crippen LogP contribution in [0.3, 0.4) is 0 Å². The molecule has 2 aliphatic rings. The SMILES string of the molecule is Clc1ccc2oc(C3(CN[C@H]4C[C@@H]4c4ccccc4)CC3)nc2c1. The lowest BCUT2D eigenvalue weighted by Crippen LogP contribution is -2.29. The molecule has 2 aromatic carbocycles. The third kappa shape index (κ3) is 2.52. The highest BCUT2D eigenvalue weighted by atomic mass is 35.5. The number of oxazole rings is 1. The second-order valence-corrected chi connectivity index (χ2v) is 7.59. The van der Waals surface area contributed by atoms with Gasteiger partial charge in [-0.1, -0.05) is 41.9 Å². The maximum absolute atomic E-state index is 6.05. The fourth-order valence-corrected chi connectivity index (χ4v) is 3.73. The van der Waals surface area contributed by atoms with Crippen molar-refractivity contribution in [1.29, 1.82) is 0 Å². The van der Waals surface area contributed by atoms with Gasteiger partial charge >= 0.3 is 0 Å². The minimum absolute atomic E-state index is 0.0787. The summed E-state index contributed by atoms with van der Waals surface area (Å²) in [6.45, 7) is 0.946. The largest absolute Gasteiger partial charge is 0.440 e. The number of halogens is 1. The van der Waals surface area contributed by atoms with E-state index in [1.807, 2.05) is 18.2 Å². The van der Waals surface area contributed by atoms with Crippen LogP contribution < -0.4 is 5.32 Å². The highest BCUT2D eigenvalue weighted by molar-refractivity contribution is 6.31. The summed E-state index contributed by atoms with van der Waals surface area (Å²) in [5.41, 5.74) is 3.21. The van der Waals surface area contributed by atoms with Gasteiger partial charge in [-0.3, -0.25) is 0 Å². The van der Waals surface area contributed by atoms with E-state index in [4.69, 9.17) is 21.0 Å². The summed E-state index contributed by atoms with van der Waals surface area (Å²) in [5.74, 6) is 1.52. The van der Waals surface area contributed by atoms with Crippen molar-refractivity contribution in [2.24, 2.45) is 0 Å². The van der Waals surface area contributed by atoms with Crippen LogP contribution in [0.4, 0.5) is 0 Å². The summed E-state index contributed by atoms with van der Waals surface area (Å²) in [6, 6.07) is 17.0. The Kier molecular flexibility index (Phi) is 3.22. The molecule has 0 unspecified atom stereocenters. The van der Waals surface area contributed by atoms with Gasteiger partial charge in [0.15, 0.2) is 5.58 Å². The first-order valence-electron chi connectivity index (χ1n) is 8.58. The standard InChI is InChI=1S/C20H19ClN2O/c21-14-6-7-18-17(10-14)23-19(24-18)20(8-9-20)12-22-16-11-15(16)13-4-2-1-3-5-13/h1-7,10,15-16,22H,8-9,11-12H2/t15-,16+/m1/s1. The lowest BCUT2D eigenvalue weighted by molar-refractivity contribution is 0.434. The van der Waals surface area contributed by atoms with E-state index < -0.39 is 0 Å². The third-order valence-electron chi connectivity index (χ3n) is 5.38. The van der Waals surface area contributed by atoms with E-state index in [-0.39, 0.29) is 5.41 Å². The molecule has 1 N–H and O–H groups in total. The minimum Gasteiger partial charge on any atom is -0.440 e. The van der Waals surface area contributed by atoms with Gasteiger partial charge in [-0.05, 0) is 43.0 Å². The maximum atomic E-state index is 6.05. The second-order valence-electron chi connectivity index (χ2n) is 7.15. The van der Waals surface area contributed by atoms with E-state index in [9.17, 15) is 0 Å². The van der Waals surface area contributed by atoms with Gasteiger partial charge in [0, 0.05) is 23.5 Å². The van der Waals surface area contributed by atoms with Crippen molar-refractivity contribution in [3.63, 3.8) is 0 Å². The number of aromatic nitrogens is 1.